The van der Waals surface area contributed by atoms with E-state index in [0.717, 1.165) is 5.56 Å². The zero-order chi connectivity index (χ0) is 24.5. The third-order valence-electron chi connectivity index (χ3n) is 6.01. The standard InChI is InChI=1S/C29H31N3O3/c1-2-35-28(32-19-18-27(33)30-29(32)34)26(20-23-12-6-3-7-13-23)31(21-24-14-8-4-9-15-24)22-25-16-10-5-11-17-25/h3-19,26,28H,2,20-22H2,1H3,(H,30,33,34)/t26-,28+/m0/s1. The van der Waals surface area contributed by atoms with Gasteiger partial charge in [0.2, 0.25) is 0 Å². The summed E-state index contributed by atoms with van der Waals surface area (Å²) in [7, 11) is 0. The number of hydrogen-bond donors (Lipinski definition) is 1. The van der Waals surface area contributed by atoms with E-state index in [9.17, 15) is 9.59 Å². The molecule has 1 N–H and O–H groups in total. The predicted molar refractivity (Wildman–Crippen MR) is 138 cm³/mol. The molecule has 35 heavy (non-hydrogen) atoms. The summed E-state index contributed by atoms with van der Waals surface area (Å²) in [4.78, 5) is 29.4. The first-order valence-corrected chi connectivity index (χ1v) is 11.9. The van der Waals surface area contributed by atoms with E-state index in [1.807, 2.05) is 61.5 Å². The molecule has 3 aromatic carbocycles. The van der Waals surface area contributed by atoms with Crippen LogP contribution in [0.5, 0.6) is 0 Å². The summed E-state index contributed by atoms with van der Waals surface area (Å²) in [5.41, 5.74) is 2.59. The molecule has 0 radical (unpaired) electrons. The van der Waals surface area contributed by atoms with E-state index < -0.39 is 17.5 Å². The van der Waals surface area contributed by atoms with Gasteiger partial charge in [-0.05, 0) is 30.0 Å². The Hall–Kier alpha value is -3.74. The van der Waals surface area contributed by atoms with Gasteiger partial charge in [-0.2, -0.15) is 0 Å². The summed E-state index contributed by atoms with van der Waals surface area (Å²) in [6.07, 6.45) is 1.59. The maximum atomic E-state index is 12.9. The van der Waals surface area contributed by atoms with Crippen molar-refractivity contribution in [2.75, 3.05) is 6.61 Å². The van der Waals surface area contributed by atoms with Gasteiger partial charge < -0.3 is 4.74 Å². The number of benzene rings is 3. The number of rotatable bonds is 11. The molecule has 0 amide bonds. The van der Waals surface area contributed by atoms with E-state index in [-0.39, 0.29) is 6.04 Å². The van der Waals surface area contributed by atoms with Gasteiger partial charge in [-0.3, -0.25) is 19.2 Å². The molecule has 0 unspecified atom stereocenters. The van der Waals surface area contributed by atoms with Crippen molar-refractivity contribution >= 4 is 0 Å². The van der Waals surface area contributed by atoms with Crippen LogP contribution in [0.1, 0.15) is 29.8 Å². The Morgan fingerprint density at radius 2 is 1.29 bits per heavy atom. The topological polar surface area (TPSA) is 67.3 Å². The highest BCUT2D eigenvalue weighted by Gasteiger charge is 2.31. The van der Waals surface area contributed by atoms with Gasteiger partial charge in [0.25, 0.3) is 5.56 Å². The fourth-order valence-corrected chi connectivity index (χ4v) is 4.37. The van der Waals surface area contributed by atoms with Crippen LogP contribution in [-0.4, -0.2) is 27.1 Å². The highest BCUT2D eigenvalue weighted by molar-refractivity contribution is 5.20. The normalized spacial score (nSPS) is 13.0. The molecule has 6 heteroatoms. The lowest BCUT2D eigenvalue weighted by atomic mass is 10.0. The van der Waals surface area contributed by atoms with Gasteiger partial charge in [0.1, 0.15) is 0 Å². The van der Waals surface area contributed by atoms with E-state index in [1.165, 1.54) is 28.0 Å². The van der Waals surface area contributed by atoms with Crippen molar-refractivity contribution in [2.24, 2.45) is 0 Å². The fraction of sp³-hybridized carbons (Fsp3) is 0.241. The fourth-order valence-electron chi connectivity index (χ4n) is 4.37. The van der Waals surface area contributed by atoms with Gasteiger partial charge in [0, 0.05) is 32.0 Å². The zero-order valence-corrected chi connectivity index (χ0v) is 19.9. The minimum absolute atomic E-state index is 0.193. The maximum Gasteiger partial charge on any atom is 0.330 e. The smallest absolute Gasteiger partial charge is 0.330 e. The van der Waals surface area contributed by atoms with Crippen molar-refractivity contribution in [3.8, 4) is 0 Å². The highest BCUT2D eigenvalue weighted by Crippen LogP contribution is 2.26. The molecular weight excluding hydrogens is 438 g/mol. The molecule has 0 fully saturated rings. The molecule has 0 aliphatic heterocycles. The van der Waals surface area contributed by atoms with Crippen molar-refractivity contribution in [3.05, 3.63) is 141 Å². The summed E-state index contributed by atoms with van der Waals surface area (Å²) in [5.74, 6) is 0. The Bertz CT molecular complexity index is 1250. The minimum Gasteiger partial charge on any atom is -0.356 e. The molecular formula is C29H31N3O3. The Morgan fingerprint density at radius 3 is 1.77 bits per heavy atom. The number of ether oxygens (including phenoxy) is 1. The molecule has 1 aromatic heterocycles. The van der Waals surface area contributed by atoms with Gasteiger partial charge in [-0.1, -0.05) is 91.0 Å². The number of H-pyrrole nitrogens is 1. The number of nitrogens with zero attached hydrogens (tertiary/aromatic N) is 2. The van der Waals surface area contributed by atoms with Crippen molar-refractivity contribution < 1.29 is 4.74 Å². The van der Waals surface area contributed by atoms with Crippen LogP contribution in [0.2, 0.25) is 0 Å². The quantitative estimate of drug-likeness (QED) is 0.354. The average molecular weight is 470 g/mol. The number of nitrogens with one attached hydrogen (secondary N) is 1. The first-order chi connectivity index (χ1) is 17.1. The summed E-state index contributed by atoms with van der Waals surface area (Å²) in [6, 6.07) is 32.0. The monoisotopic (exact) mass is 469 g/mol. The molecule has 0 spiro atoms. The van der Waals surface area contributed by atoms with Crippen molar-refractivity contribution in [3.63, 3.8) is 0 Å². The van der Waals surface area contributed by atoms with Gasteiger partial charge in [0.15, 0.2) is 6.23 Å². The third kappa shape index (κ3) is 6.66. The van der Waals surface area contributed by atoms with E-state index >= 15 is 0 Å². The first-order valence-electron chi connectivity index (χ1n) is 11.9. The molecule has 0 aliphatic carbocycles. The number of hydrogen-bond acceptors (Lipinski definition) is 4. The van der Waals surface area contributed by atoms with Crippen molar-refractivity contribution in [2.45, 2.75) is 38.7 Å². The summed E-state index contributed by atoms with van der Waals surface area (Å²) in [5, 5.41) is 0. The minimum atomic E-state index is -0.600. The Balaban J connectivity index is 1.80. The number of aromatic nitrogens is 2. The predicted octanol–water partition coefficient (Wildman–Crippen LogP) is 4.39. The van der Waals surface area contributed by atoms with Crippen LogP contribution in [0.3, 0.4) is 0 Å². The molecule has 0 bridgehead atoms. The van der Waals surface area contributed by atoms with Crippen LogP contribution in [-0.2, 0) is 24.2 Å². The molecule has 180 valence electrons. The van der Waals surface area contributed by atoms with Crippen LogP contribution in [0.25, 0.3) is 0 Å². The van der Waals surface area contributed by atoms with Crippen molar-refractivity contribution in [1.29, 1.82) is 0 Å². The van der Waals surface area contributed by atoms with E-state index in [0.29, 0.717) is 26.1 Å². The van der Waals surface area contributed by atoms with Crippen molar-refractivity contribution in [1.82, 2.24) is 14.5 Å². The van der Waals surface area contributed by atoms with Gasteiger partial charge in [0.05, 0.1) is 6.04 Å². The van der Waals surface area contributed by atoms with Gasteiger partial charge in [-0.25, -0.2) is 4.79 Å². The molecule has 4 aromatic rings. The van der Waals surface area contributed by atoms with E-state index in [4.69, 9.17) is 4.74 Å². The highest BCUT2D eigenvalue weighted by atomic mass is 16.5. The van der Waals surface area contributed by atoms with Gasteiger partial charge >= 0.3 is 5.69 Å². The van der Waals surface area contributed by atoms with Crippen LogP contribution in [0.4, 0.5) is 0 Å². The second-order valence-corrected chi connectivity index (χ2v) is 8.50. The van der Waals surface area contributed by atoms with Crippen LogP contribution in [0, 0.1) is 0 Å². The number of aromatic amines is 1. The summed E-state index contributed by atoms with van der Waals surface area (Å²) >= 11 is 0. The van der Waals surface area contributed by atoms with Crippen LogP contribution < -0.4 is 11.2 Å². The van der Waals surface area contributed by atoms with E-state index in [2.05, 4.69) is 46.3 Å². The molecule has 4 rings (SSSR count). The second kappa shape index (κ2) is 12.1. The lowest BCUT2D eigenvalue weighted by Crippen LogP contribution is -2.47. The molecule has 0 aliphatic rings. The van der Waals surface area contributed by atoms with Crippen LogP contribution in [0.15, 0.2) is 113 Å². The van der Waals surface area contributed by atoms with E-state index in [1.54, 1.807) is 0 Å². The average Bonchev–Trinajstić information content (AvgIpc) is 2.88. The zero-order valence-electron chi connectivity index (χ0n) is 19.9. The first kappa shape index (κ1) is 24.4. The molecule has 0 saturated heterocycles. The molecule has 0 saturated carbocycles. The summed E-state index contributed by atoms with van der Waals surface area (Å²) < 4.78 is 7.74. The lowest BCUT2D eigenvalue weighted by Gasteiger charge is -2.38. The molecule has 2 atom stereocenters. The lowest BCUT2D eigenvalue weighted by molar-refractivity contribution is -0.0631. The molecule has 6 nitrogen and oxygen atoms in total. The molecule has 1 heterocycles. The third-order valence-corrected chi connectivity index (χ3v) is 6.01. The Morgan fingerprint density at radius 1 is 0.771 bits per heavy atom. The van der Waals surface area contributed by atoms with Gasteiger partial charge in [-0.15, -0.1) is 0 Å². The largest absolute Gasteiger partial charge is 0.356 e. The second-order valence-electron chi connectivity index (χ2n) is 8.50. The Labute approximate surface area is 205 Å². The summed E-state index contributed by atoms with van der Waals surface area (Å²) in [6.45, 7) is 3.69. The Kier molecular flexibility index (Phi) is 8.44. The van der Waals surface area contributed by atoms with Crippen LogP contribution >= 0.6 is 0 Å². The maximum absolute atomic E-state index is 12.9. The SMILES string of the molecule is CCO[C@H]([C@H](Cc1ccccc1)N(Cc1ccccc1)Cc1ccccc1)n1ccc(=O)[nH]c1=O.